The van der Waals surface area contributed by atoms with Gasteiger partial charge in [0.2, 0.25) is 5.91 Å². The van der Waals surface area contributed by atoms with Gasteiger partial charge in [-0.05, 0) is 56.5 Å². The molecule has 126 valence electrons. The lowest BCUT2D eigenvalue weighted by molar-refractivity contribution is -0.120. The molecule has 1 aliphatic rings. The number of ether oxygens (including phenoxy) is 1. The van der Waals surface area contributed by atoms with Crippen LogP contribution in [0.1, 0.15) is 38.2 Å². The van der Waals surface area contributed by atoms with Gasteiger partial charge in [-0.3, -0.25) is 4.79 Å². The molecule has 1 fully saturated rings. The highest BCUT2D eigenvalue weighted by atomic mass is 32.1. The van der Waals surface area contributed by atoms with Crippen molar-refractivity contribution >= 4 is 23.2 Å². The molecule has 1 aromatic carbocycles. The predicted molar refractivity (Wildman–Crippen MR) is 96.6 cm³/mol. The van der Waals surface area contributed by atoms with Crippen molar-refractivity contribution in [1.82, 2.24) is 10.2 Å². The lowest BCUT2D eigenvalue weighted by Crippen LogP contribution is -2.46. The van der Waals surface area contributed by atoms with E-state index >= 15 is 0 Å². The van der Waals surface area contributed by atoms with Gasteiger partial charge in [-0.1, -0.05) is 24.6 Å². The van der Waals surface area contributed by atoms with Gasteiger partial charge in [-0.2, -0.15) is 0 Å². The van der Waals surface area contributed by atoms with Crippen LogP contribution in [0.5, 0.6) is 5.75 Å². The molecule has 0 bridgehead atoms. The fourth-order valence-corrected chi connectivity index (χ4v) is 2.83. The van der Waals surface area contributed by atoms with Gasteiger partial charge < -0.3 is 15.0 Å². The number of benzene rings is 1. The molecule has 1 aliphatic heterocycles. The van der Waals surface area contributed by atoms with Gasteiger partial charge in [0, 0.05) is 19.5 Å². The van der Waals surface area contributed by atoms with Gasteiger partial charge in [0.05, 0.1) is 6.61 Å². The van der Waals surface area contributed by atoms with Crippen molar-refractivity contribution in [3.05, 3.63) is 29.8 Å². The van der Waals surface area contributed by atoms with Crippen LogP contribution in [0.2, 0.25) is 0 Å². The maximum absolute atomic E-state index is 11.9. The van der Waals surface area contributed by atoms with Crippen molar-refractivity contribution in [1.29, 1.82) is 0 Å². The minimum absolute atomic E-state index is 0.0267. The van der Waals surface area contributed by atoms with E-state index in [9.17, 15) is 4.79 Å². The largest absolute Gasteiger partial charge is 0.494 e. The Kier molecular flexibility index (Phi) is 6.84. The second kappa shape index (κ2) is 8.87. The summed E-state index contributed by atoms with van der Waals surface area (Å²) in [6, 6.07) is 7.92. The maximum Gasteiger partial charge on any atom is 0.226 e. The Morgan fingerprint density at radius 3 is 2.61 bits per heavy atom. The number of likely N-dealkylation sites (tertiary alicyclic amines) is 1. The number of thiocarbonyl (C=S) groups is 1. The van der Waals surface area contributed by atoms with E-state index < -0.39 is 0 Å². The summed E-state index contributed by atoms with van der Waals surface area (Å²) in [6.07, 6.45) is 3.39. The maximum atomic E-state index is 11.9. The van der Waals surface area contributed by atoms with Crippen LogP contribution in [0.15, 0.2) is 24.3 Å². The monoisotopic (exact) mass is 334 g/mol. The van der Waals surface area contributed by atoms with Gasteiger partial charge >= 0.3 is 0 Å². The molecule has 23 heavy (non-hydrogen) atoms. The van der Waals surface area contributed by atoms with Crippen LogP contribution in [0.4, 0.5) is 0 Å². The first kappa shape index (κ1) is 17.7. The van der Waals surface area contributed by atoms with Crippen molar-refractivity contribution in [2.24, 2.45) is 5.92 Å². The summed E-state index contributed by atoms with van der Waals surface area (Å²) in [5, 5.41) is 3.40. The molecule has 0 spiro atoms. The van der Waals surface area contributed by atoms with Crippen LogP contribution < -0.4 is 10.1 Å². The highest BCUT2D eigenvalue weighted by molar-refractivity contribution is 7.80. The number of hydrogen-bond donors (Lipinski definition) is 1. The molecule has 4 nitrogen and oxygen atoms in total. The van der Waals surface area contributed by atoms with E-state index in [1.54, 1.807) is 0 Å². The molecule has 1 N–H and O–H groups in total. The van der Waals surface area contributed by atoms with E-state index in [0.29, 0.717) is 24.6 Å². The summed E-state index contributed by atoms with van der Waals surface area (Å²) < 4.78 is 5.62. The van der Waals surface area contributed by atoms with Gasteiger partial charge in [-0.15, -0.1) is 0 Å². The summed E-state index contributed by atoms with van der Waals surface area (Å²) in [6.45, 7) is 6.71. The summed E-state index contributed by atoms with van der Waals surface area (Å²) in [5.74, 6) is 1.57. The third kappa shape index (κ3) is 6.18. The zero-order chi connectivity index (χ0) is 16.7. The highest BCUT2D eigenvalue weighted by Gasteiger charge is 2.18. The first-order valence-electron chi connectivity index (χ1n) is 8.33. The van der Waals surface area contributed by atoms with E-state index in [0.717, 1.165) is 37.6 Å². The van der Waals surface area contributed by atoms with Crippen molar-refractivity contribution in [2.75, 3.05) is 19.7 Å². The molecule has 5 heteroatoms. The molecule has 1 aromatic rings. The second-order valence-electron chi connectivity index (χ2n) is 6.29. The minimum Gasteiger partial charge on any atom is -0.494 e. The quantitative estimate of drug-likeness (QED) is 0.663. The van der Waals surface area contributed by atoms with E-state index in [1.807, 2.05) is 31.2 Å². The Bertz CT molecular complexity index is 522. The van der Waals surface area contributed by atoms with Gasteiger partial charge in [0.15, 0.2) is 5.11 Å². The smallest absolute Gasteiger partial charge is 0.226 e. The Morgan fingerprint density at radius 1 is 1.30 bits per heavy atom. The molecule has 0 aliphatic carbocycles. The number of rotatable bonds is 5. The van der Waals surface area contributed by atoms with Crippen LogP contribution in [0.3, 0.4) is 0 Å². The van der Waals surface area contributed by atoms with Crippen LogP contribution >= 0.6 is 12.2 Å². The average Bonchev–Trinajstić information content (AvgIpc) is 2.54. The average molecular weight is 334 g/mol. The normalized spacial score (nSPS) is 15.3. The topological polar surface area (TPSA) is 41.6 Å². The Labute approximate surface area is 144 Å². The van der Waals surface area contributed by atoms with E-state index in [2.05, 4.69) is 17.1 Å². The van der Waals surface area contributed by atoms with Gasteiger partial charge in [-0.25, -0.2) is 0 Å². The third-order valence-corrected chi connectivity index (χ3v) is 4.52. The first-order chi connectivity index (χ1) is 11.0. The van der Waals surface area contributed by atoms with E-state index in [-0.39, 0.29) is 5.91 Å². The Hall–Kier alpha value is -1.62. The molecule has 0 saturated carbocycles. The Morgan fingerprint density at radius 2 is 1.96 bits per heavy atom. The highest BCUT2D eigenvalue weighted by Crippen LogP contribution is 2.16. The fraction of sp³-hybridized carbons (Fsp3) is 0.556. The molecule has 0 radical (unpaired) electrons. The summed E-state index contributed by atoms with van der Waals surface area (Å²) in [7, 11) is 0. The molecule has 0 unspecified atom stereocenters. The van der Waals surface area contributed by atoms with Crippen molar-refractivity contribution in [3.8, 4) is 5.75 Å². The first-order valence-corrected chi connectivity index (χ1v) is 8.73. The summed E-state index contributed by atoms with van der Waals surface area (Å²) in [5.41, 5.74) is 1.21. The third-order valence-electron chi connectivity index (χ3n) is 4.16. The molecule has 1 heterocycles. The number of carbonyl (C=O) groups excluding carboxylic acids is 1. The molecule has 2 rings (SSSR count). The van der Waals surface area contributed by atoms with E-state index in [1.165, 1.54) is 5.56 Å². The zero-order valence-electron chi connectivity index (χ0n) is 14.0. The van der Waals surface area contributed by atoms with Crippen LogP contribution in [0.25, 0.3) is 0 Å². The number of nitrogens with zero attached hydrogens (tertiary/aromatic N) is 1. The molecular weight excluding hydrogens is 308 g/mol. The molecule has 0 atom stereocenters. The van der Waals surface area contributed by atoms with Gasteiger partial charge in [0.1, 0.15) is 5.75 Å². The lowest BCUT2D eigenvalue weighted by atomic mass is 10.00. The van der Waals surface area contributed by atoms with Gasteiger partial charge in [0.25, 0.3) is 0 Å². The minimum atomic E-state index is -0.0267. The molecule has 0 aromatic heterocycles. The van der Waals surface area contributed by atoms with Crippen LogP contribution in [0, 0.1) is 12.8 Å². The number of aryl methyl sites for hydroxylation is 1. The van der Waals surface area contributed by atoms with Crippen LogP contribution in [-0.4, -0.2) is 35.6 Å². The fourth-order valence-electron chi connectivity index (χ4n) is 2.53. The summed E-state index contributed by atoms with van der Waals surface area (Å²) in [4.78, 5) is 14.0. The number of piperidine rings is 1. The van der Waals surface area contributed by atoms with Crippen molar-refractivity contribution in [2.45, 2.75) is 39.5 Å². The molecular formula is C18H26N2O2S. The van der Waals surface area contributed by atoms with Crippen molar-refractivity contribution < 1.29 is 9.53 Å². The Balaban J connectivity index is 1.61. The number of hydrogen-bond acceptors (Lipinski definition) is 3. The zero-order valence-corrected chi connectivity index (χ0v) is 14.8. The van der Waals surface area contributed by atoms with E-state index in [4.69, 9.17) is 17.0 Å². The number of nitrogens with one attached hydrogen (secondary N) is 1. The number of amides is 1. The second-order valence-corrected chi connectivity index (χ2v) is 6.67. The predicted octanol–water partition coefficient (Wildman–Crippen LogP) is 3.29. The van der Waals surface area contributed by atoms with Crippen molar-refractivity contribution in [3.63, 3.8) is 0 Å². The standard InChI is InChI=1S/C18H26N2O2S/c1-14-5-7-16(8-6-14)22-13-3-4-17(21)19-18(23)20-11-9-15(2)10-12-20/h5-8,15H,3-4,9-13H2,1-2H3,(H,19,21,23). The molecule has 1 amide bonds. The lowest BCUT2D eigenvalue weighted by Gasteiger charge is -2.32. The molecule has 1 saturated heterocycles. The van der Waals surface area contributed by atoms with Crippen LogP contribution in [-0.2, 0) is 4.79 Å². The number of carbonyl (C=O) groups is 1. The summed E-state index contributed by atoms with van der Waals surface area (Å²) >= 11 is 5.32. The SMILES string of the molecule is Cc1ccc(OCCCC(=O)NC(=S)N2CCC(C)CC2)cc1.